The lowest BCUT2D eigenvalue weighted by Gasteiger charge is -2.50. The summed E-state index contributed by atoms with van der Waals surface area (Å²) in [5, 5.41) is 12.0. The Morgan fingerprint density at radius 1 is 1.25 bits per heavy atom. The number of hydrogen-bond donors (Lipinski definition) is 4. The summed E-state index contributed by atoms with van der Waals surface area (Å²) >= 11 is 12.0. The van der Waals surface area contributed by atoms with Gasteiger partial charge < -0.3 is 15.8 Å². The molecule has 0 aliphatic carbocycles. The molecule has 0 aromatic heterocycles. The van der Waals surface area contributed by atoms with Crippen molar-refractivity contribution < 1.29 is 23.2 Å². The lowest BCUT2D eigenvalue weighted by molar-refractivity contribution is -0.138. The van der Waals surface area contributed by atoms with Crippen molar-refractivity contribution in [2.75, 3.05) is 6.54 Å². The lowest BCUT2D eigenvalue weighted by Crippen LogP contribution is -2.79. The Bertz CT molecular complexity index is 1110. The molecule has 2 aromatic carbocycles. The fourth-order valence-corrected chi connectivity index (χ4v) is 6.53. The molecule has 32 heavy (non-hydrogen) atoms. The first-order chi connectivity index (χ1) is 14.9. The predicted molar refractivity (Wildman–Crippen MR) is 122 cm³/mol. The Morgan fingerprint density at radius 3 is 2.50 bits per heavy atom. The molecule has 2 aromatic rings. The van der Waals surface area contributed by atoms with Crippen LogP contribution < -0.4 is 21.3 Å². The minimum absolute atomic E-state index is 0.00219. The number of rotatable bonds is 6. The van der Waals surface area contributed by atoms with Crippen molar-refractivity contribution >= 4 is 38.9 Å². The standard InChI is InChI=1S/C21H25Cl2N3O5S/c1-20(2)21(24,19(27)26-28)18(9-10-25-20)32(29,30)16-7-5-15(6-8-16)31-12-13-3-4-14(22)11-17(13)23/h3-8,11,18,25,28H,9-10,12,24H2,1-2H3,(H,26,27). The number of sulfone groups is 1. The molecule has 3 rings (SSSR count). The number of nitrogens with two attached hydrogens (primary N) is 1. The quantitative estimate of drug-likeness (QED) is 0.353. The van der Waals surface area contributed by atoms with Crippen molar-refractivity contribution in [1.29, 1.82) is 0 Å². The summed E-state index contributed by atoms with van der Waals surface area (Å²) in [5.74, 6) is -0.532. The van der Waals surface area contributed by atoms with Crippen LogP contribution in [-0.2, 0) is 21.2 Å². The summed E-state index contributed by atoms with van der Waals surface area (Å²) in [7, 11) is -4.02. The van der Waals surface area contributed by atoms with E-state index in [1.54, 1.807) is 32.0 Å². The zero-order valence-corrected chi connectivity index (χ0v) is 19.9. The van der Waals surface area contributed by atoms with E-state index in [1.165, 1.54) is 29.7 Å². The van der Waals surface area contributed by atoms with Crippen molar-refractivity contribution in [2.24, 2.45) is 5.73 Å². The molecule has 1 aliphatic heterocycles. The van der Waals surface area contributed by atoms with Crippen molar-refractivity contribution in [2.45, 2.75) is 48.1 Å². The summed E-state index contributed by atoms with van der Waals surface area (Å²) in [6.07, 6.45) is 0.100. The van der Waals surface area contributed by atoms with Gasteiger partial charge in [-0.05, 0) is 63.2 Å². The summed E-state index contributed by atoms with van der Waals surface area (Å²) in [5.41, 5.74) is 5.63. The van der Waals surface area contributed by atoms with Gasteiger partial charge in [-0.3, -0.25) is 10.0 Å². The summed E-state index contributed by atoms with van der Waals surface area (Å²) in [6, 6.07) is 10.9. The van der Waals surface area contributed by atoms with Gasteiger partial charge in [0.2, 0.25) is 0 Å². The van der Waals surface area contributed by atoms with Crippen LogP contribution in [0.15, 0.2) is 47.4 Å². The van der Waals surface area contributed by atoms with Crippen molar-refractivity contribution in [3.05, 3.63) is 58.1 Å². The average Bonchev–Trinajstić information content (AvgIpc) is 2.74. The number of hydroxylamine groups is 1. The smallest absolute Gasteiger partial charge is 0.266 e. The van der Waals surface area contributed by atoms with E-state index in [4.69, 9.17) is 33.7 Å². The van der Waals surface area contributed by atoms with Crippen LogP contribution in [0.1, 0.15) is 25.8 Å². The summed E-state index contributed by atoms with van der Waals surface area (Å²) < 4.78 is 32.6. The normalized spacial score (nSPS) is 22.9. The van der Waals surface area contributed by atoms with E-state index < -0.39 is 32.1 Å². The number of piperidine rings is 1. The SMILES string of the molecule is CC1(C)NCCC(S(=O)(=O)c2ccc(OCc3ccc(Cl)cc3Cl)cc2)C1(N)C(=O)NO. The van der Waals surface area contributed by atoms with Crippen LogP contribution in [0, 0.1) is 0 Å². The second kappa shape index (κ2) is 9.17. The minimum Gasteiger partial charge on any atom is -0.489 e. The highest BCUT2D eigenvalue weighted by Gasteiger charge is 2.60. The molecule has 0 saturated carbocycles. The van der Waals surface area contributed by atoms with Gasteiger partial charge in [-0.1, -0.05) is 29.3 Å². The van der Waals surface area contributed by atoms with Gasteiger partial charge in [-0.25, -0.2) is 13.9 Å². The maximum absolute atomic E-state index is 13.4. The van der Waals surface area contributed by atoms with Crippen molar-refractivity contribution in [1.82, 2.24) is 10.8 Å². The summed E-state index contributed by atoms with van der Waals surface area (Å²) in [4.78, 5) is 12.5. The maximum Gasteiger partial charge on any atom is 0.266 e. The molecule has 5 N–H and O–H groups in total. The largest absolute Gasteiger partial charge is 0.489 e. The molecule has 0 bridgehead atoms. The molecule has 1 fully saturated rings. The Morgan fingerprint density at radius 2 is 1.91 bits per heavy atom. The van der Waals surface area contributed by atoms with Gasteiger partial charge in [0.05, 0.1) is 10.1 Å². The molecule has 2 unspecified atom stereocenters. The first-order valence-electron chi connectivity index (χ1n) is 9.82. The Hall–Kier alpha value is -1.88. The molecular formula is C21H25Cl2N3O5S. The van der Waals surface area contributed by atoms with Crippen molar-refractivity contribution in [3.8, 4) is 5.75 Å². The Labute approximate surface area is 196 Å². The number of ether oxygens (including phenoxy) is 1. The fraction of sp³-hybridized carbons (Fsp3) is 0.381. The van der Waals surface area contributed by atoms with Crippen LogP contribution in [0.3, 0.4) is 0 Å². The second-order valence-electron chi connectivity index (χ2n) is 8.18. The third-order valence-electron chi connectivity index (χ3n) is 5.93. The fourth-order valence-electron chi connectivity index (χ4n) is 3.90. The molecule has 0 spiro atoms. The van der Waals surface area contributed by atoms with Gasteiger partial charge in [-0.2, -0.15) is 0 Å². The van der Waals surface area contributed by atoms with Crippen LogP contribution >= 0.6 is 23.2 Å². The van der Waals surface area contributed by atoms with E-state index in [1.807, 2.05) is 0 Å². The lowest BCUT2D eigenvalue weighted by atomic mass is 9.73. The number of carbonyl (C=O) groups is 1. The number of halogens is 2. The molecule has 1 saturated heterocycles. The van der Waals surface area contributed by atoms with Gasteiger partial charge in [0, 0.05) is 21.1 Å². The van der Waals surface area contributed by atoms with Gasteiger partial charge in [0.15, 0.2) is 9.84 Å². The van der Waals surface area contributed by atoms with E-state index in [-0.39, 0.29) is 17.9 Å². The first-order valence-corrected chi connectivity index (χ1v) is 12.1. The molecule has 0 radical (unpaired) electrons. The van der Waals surface area contributed by atoms with E-state index in [9.17, 15) is 18.4 Å². The van der Waals surface area contributed by atoms with E-state index >= 15 is 0 Å². The minimum atomic E-state index is -4.02. The van der Waals surface area contributed by atoms with Crippen LogP contribution in [-0.4, -0.2) is 42.4 Å². The molecule has 11 heteroatoms. The Kier molecular flexibility index (Phi) is 7.09. The van der Waals surface area contributed by atoms with Crippen LogP contribution in [0.25, 0.3) is 0 Å². The molecule has 2 atom stereocenters. The first kappa shape index (κ1) is 24.8. The molecule has 1 heterocycles. The molecular weight excluding hydrogens is 477 g/mol. The van der Waals surface area contributed by atoms with Crippen molar-refractivity contribution in [3.63, 3.8) is 0 Å². The zero-order valence-electron chi connectivity index (χ0n) is 17.6. The van der Waals surface area contributed by atoms with Gasteiger partial charge in [0.1, 0.15) is 17.9 Å². The second-order valence-corrected chi connectivity index (χ2v) is 11.2. The number of amides is 1. The zero-order chi connectivity index (χ0) is 23.7. The maximum atomic E-state index is 13.4. The van der Waals surface area contributed by atoms with E-state index in [2.05, 4.69) is 5.32 Å². The number of benzene rings is 2. The monoisotopic (exact) mass is 501 g/mol. The summed E-state index contributed by atoms with van der Waals surface area (Å²) in [6.45, 7) is 3.77. The van der Waals surface area contributed by atoms with Crippen LogP contribution in [0.5, 0.6) is 5.75 Å². The van der Waals surface area contributed by atoms with Gasteiger partial charge in [-0.15, -0.1) is 0 Å². The average molecular weight is 502 g/mol. The molecule has 1 amide bonds. The number of nitrogens with one attached hydrogen (secondary N) is 2. The highest BCUT2D eigenvalue weighted by molar-refractivity contribution is 7.92. The molecule has 8 nitrogen and oxygen atoms in total. The molecule has 1 aliphatic rings. The third-order valence-corrected chi connectivity index (χ3v) is 8.80. The van der Waals surface area contributed by atoms with Crippen LogP contribution in [0.4, 0.5) is 0 Å². The third kappa shape index (κ3) is 4.46. The van der Waals surface area contributed by atoms with E-state index in [0.29, 0.717) is 22.3 Å². The highest BCUT2D eigenvalue weighted by Crippen LogP contribution is 2.36. The topological polar surface area (TPSA) is 131 Å². The highest BCUT2D eigenvalue weighted by atomic mass is 35.5. The number of carbonyl (C=O) groups excluding carboxylic acids is 1. The predicted octanol–water partition coefficient (Wildman–Crippen LogP) is 2.69. The Balaban J connectivity index is 1.84. The van der Waals surface area contributed by atoms with Gasteiger partial charge >= 0.3 is 0 Å². The van der Waals surface area contributed by atoms with Crippen LogP contribution in [0.2, 0.25) is 10.0 Å². The van der Waals surface area contributed by atoms with E-state index in [0.717, 1.165) is 5.56 Å². The molecule has 174 valence electrons. The number of hydrogen-bond acceptors (Lipinski definition) is 7. The van der Waals surface area contributed by atoms with Gasteiger partial charge in [0.25, 0.3) is 5.91 Å².